The third kappa shape index (κ3) is 2.49. The van der Waals surface area contributed by atoms with Crippen molar-refractivity contribution in [2.45, 2.75) is 19.3 Å². The van der Waals surface area contributed by atoms with Crippen molar-refractivity contribution in [1.82, 2.24) is 14.7 Å². The largest absolute Gasteiger partial charge is 0.325 e. The molecule has 0 atom stereocenters. The van der Waals surface area contributed by atoms with Crippen LogP contribution in [0.15, 0.2) is 12.3 Å². The average molecular weight is 208 g/mol. The molecule has 2 amide bonds. The Morgan fingerprint density at radius 2 is 2.13 bits per heavy atom. The van der Waals surface area contributed by atoms with Crippen LogP contribution in [0.4, 0.5) is 10.6 Å². The molecule has 0 saturated carbocycles. The molecule has 0 unspecified atom stereocenters. The van der Waals surface area contributed by atoms with Crippen molar-refractivity contribution in [3.05, 3.63) is 12.3 Å². The van der Waals surface area contributed by atoms with Crippen molar-refractivity contribution in [3.63, 3.8) is 0 Å². The van der Waals surface area contributed by atoms with Crippen LogP contribution in [-0.4, -0.2) is 33.8 Å². The Kier molecular flexibility index (Phi) is 2.89. The van der Waals surface area contributed by atoms with Crippen LogP contribution in [0.1, 0.15) is 19.3 Å². The lowest BCUT2D eigenvalue weighted by Gasteiger charge is -2.26. The number of piperidine rings is 1. The Hall–Kier alpha value is -1.52. The van der Waals surface area contributed by atoms with Crippen LogP contribution >= 0.6 is 0 Å². The number of carbonyl (C=O) groups excluding carboxylic acids is 1. The zero-order valence-corrected chi connectivity index (χ0v) is 8.94. The molecular weight excluding hydrogens is 192 g/mol. The number of nitrogens with one attached hydrogen (secondary N) is 1. The highest BCUT2D eigenvalue weighted by Crippen LogP contribution is 2.10. The summed E-state index contributed by atoms with van der Waals surface area (Å²) in [5, 5.41) is 6.89. The fourth-order valence-corrected chi connectivity index (χ4v) is 1.77. The first-order valence-corrected chi connectivity index (χ1v) is 5.31. The van der Waals surface area contributed by atoms with Gasteiger partial charge in [0.05, 0.1) is 0 Å². The Bertz CT molecular complexity index is 341. The molecule has 1 aromatic heterocycles. The lowest BCUT2D eigenvalue weighted by atomic mass is 10.1. The van der Waals surface area contributed by atoms with Crippen LogP contribution in [-0.2, 0) is 7.05 Å². The van der Waals surface area contributed by atoms with Crippen LogP contribution in [0.5, 0.6) is 0 Å². The molecular formula is C10H16N4O. The van der Waals surface area contributed by atoms with Gasteiger partial charge in [-0.05, 0) is 19.3 Å². The van der Waals surface area contributed by atoms with Gasteiger partial charge in [0.2, 0.25) is 0 Å². The van der Waals surface area contributed by atoms with E-state index in [4.69, 9.17) is 0 Å². The Morgan fingerprint density at radius 1 is 1.40 bits per heavy atom. The monoisotopic (exact) mass is 208 g/mol. The number of aromatic nitrogens is 2. The predicted molar refractivity (Wildman–Crippen MR) is 57.7 cm³/mol. The standard InChI is InChI=1S/C10H16N4O/c1-13-8-5-9(12-13)11-10(15)14-6-3-2-4-7-14/h5,8H,2-4,6-7H2,1H3,(H,11,12,15). The topological polar surface area (TPSA) is 50.2 Å². The summed E-state index contributed by atoms with van der Waals surface area (Å²) in [6.45, 7) is 1.72. The number of likely N-dealkylation sites (tertiary alicyclic amines) is 1. The molecule has 5 nitrogen and oxygen atoms in total. The summed E-state index contributed by atoms with van der Waals surface area (Å²) in [5.41, 5.74) is 0. The molecule has 2 heterocycles. The maximum Gasteiger partial charge on any atom is 0.323 e. The van der Waals surface area contributed by atoms with Gasteiger partial charge in [0.1, 0.15) is 0 Å². The van der Waals surface area contributed by atoms with Crippen molar-refractivity contribution in [1.29, 1.82) is 0 Å². The van der Waals surface area contributed by atoms with Gasteiger partial charge in [-0.25, -0.2) is 4.79 Å². The molecule has 82 valence electrons. The van der Waals surface area contributed by atoms with Gasteiger partial charge in [-0.1, -0.05) is 0 Å². The fraction of sp³-hybridized carbons (Fsp3) is 0.600. The molecule has 0 radical (unpaired) electrons. The minimum absolute atomic E-state index is 0.0339. The Balaban J connectivity index is 1.91. The summed E-state index contributed by atoms with van der Waals surface area (Å²) in [5.74, 6) is 0.619. The Morgan fingerprint density at radius 3 is 2.73 bits per heavy atom. The van der Waals surface area contributed by atoms with Crippen molar-refractivity contribution in [2.75, 3.05) is 18.4 Å². The number of urea groups is 1. The van der Waals surface area contributed by atoms with Crippen molar-refractivity contribution >= 4 is 11.8 Å². The lowest BCUT2D eigenvalue weighted by molar-refractivity contribution is 0.200. The van der Waals surface area contributed by atoms with Gasteiger partial charge in [-0.15, -0.1) is 0 Å². The van der Waals surface area contributed by atoms with E-state index in [9.17, 15) is 4.79 Å². The highest BCUT2D eigenvalue weighted by atomic mass is 16.2. The maximum atomic E-state index is 11.7. The number of hydrogen-bond donors (Lipinski definition) is 1. The molecule has 2 rings (SSSR count). The first-order chi connectivity index (χ1) is 7.25. The van der Waals surface area contributed by atoms with Gasteiger partial charge < -0.3 is 4.90 Å². The van der Waals surface area contributed by atoms with Crippen molar-refractivity contribution < 1.29 is 4.79 Å². The summed E-state index contributed by atoms with van der Waals surface area (Å²) >= 11 is 0. The molecule has 15 heavy (non-hydrogen) atoms. The number of carbonyl (C=O) groups is 1. The van der Waals surface area contributed by atoms with Gasteiger partial charge in [0, 0.05) is 32.4 Å². The van der Waals surface area contributed by atoms with E-state index in [1.165, 1.54) is 6.42 Å². The third-order valence-corrected chi connectivity index (χ3v) is 2.59. The summed E-state index contributed by atoms with van der Waals surface area (Å²) in [6, 6.07) is 1.76. The predicted octanol–water partition coefficient (Wildman–Crippen LogP) is 1.44. The molecule has 0 aliphatic carbocycles. The number of anilines is 1. The molecule has 0 aromatic carbocycles. The van der Waals surface area contributed by atoms with E-state index in [-0.39, 0.29) is 6.03 Å². The molecule has 1 saturated heterocycles. The molecule has 1 aromatic rings. The number of nitrogens with zero attached hydrogens (tertiary/aromatic N) is 3. The summed E-state index contributed by atoms with van der Waals surface area (Å²) in [7, 11) is 1.83. The SMILES string of the molecule is Cn1ccc(NC(=O)N2CCCCC2)n1. The molecule has 0 bridgehead atoms. The second-order valence-corrected chi connectivity index (χ2v) is 3.85. The molecule has 5 heteroatoms. The van der Waals surface area contributed by atoms with Crippen LogP contribution in [0.25, 0.3) is 0 Å². The quantitative estimate of drug-likeness (QED) is 0.759. The number of rotatable bonds is 1. The normalized spacial score (nSPS) is 16.5. The first-order valence-electron chi connectivity index (χ1n) is 5.31. The average Bonchev–Trinajstić information content (AvgIpc) is 2.65. The molecule has 1 aliphatic rings. The van der Waals surface area contributed by atoms with E-state index in [1.54, 1.807) is 10.7 Å². The van der Waals surface area contributed by atoms with Crippen molar-refractivity contribution in [3.8, 4) is 0 Å². The van der Waals surface area contributed by atoms with Crippen molar-refractivity contribution in [2.24, 2.45) is 7.05 Å². The summed E-state index contributed by atoms with van der Waals surface area (Å²) < 4.78 is 1.67. The van der Waals surface area contributed by atoms with E-state index >= 15 is 0 Å². The number of amides is 2. The fourth-order valence-electron chi connectivity index (χ4n) is 1.77. The number of hydrogen-bond acceptors (Lipinski definition) is 2. The van der Waals surface area contributed by atoms with E-state index in [2.05, 4.69) is 10.4 Å². The summed E-state index contributed by atoms with van der Waals surface area (Å²) in [4.78, 5) is 13.6. The van der Waals surface area contributed by atoms with E-state index in [0.717, 1.165) is 25.9 Å². The van der Waals surface area contributed by atoms with Gasteiger partial charge in [0.25, 0.3) is 0 Å². The van der Waals surface area contributed by atoms with E-state index in [1.807, 2.05) is 18.1 Å². The molecule has 0 spiro atoms. The highest BCUT2D eigenvalue weighted by molar-refractivity contribution is 5.88. The zero-order chi connectivity index (χ0) is 10.7. The van der Waals surface area contributed by atoms with Crippen LogP contribution in [0, 0.1) is 0 Å². The lowest BCUT2D eigenvalue weighted by Crippen LogP contribution is -2.38. The second kappa shape index (κ2) is 4.33. The van der Waals surface area contributed by atoms with Crippen LogP contribution in [0.3, 0.4) is 0 Å². The van der Waals surface area contributed by atoms with Crippen LogP contribution in [0.2, 0.25) is 0 Å². The van der Waals surface area contributed by atoms with Gasteiger partial charge in [0.15, 0.2) is 5.82 Å². The Labute approximate surface area is 89.1 Å². The molecule has 1 fully saturated rings. The van der Waals surface area contributed by atoms with Crippen LogP contribution < -0.4 is 5.32 Å². The minimum Gasteiger partial charge on any atom is -0.325 e. The smallest absolute Gasteiger partial charge is 0.323 e. The third-order valence-electron chi connectivity index (χ3n) is 2.59. The van der Waals surface area contributed by atoms with Gasteiger partial charge >= 0.3 is 6.03 Å². The zero-order valence-electron chi connectivity index (χ0n) is 8.94. The molecule has 1 aliphatic heterocycles. The van der Waals surface area contributed by atoms with E-state index in [0.29, 0.717) is 5.82 Å². The van der Waals surface area contributed by atoms with E-state index < -0.39 is 0 Å². The maximum absolute atomic E-state index is 11.7. The first kappa shape index (κ1) is 10.0. The second-order valence-electron chi connectivity index (χ2n) is 3.85. The van der Waals surface area contributed by atoms with Gasteiger partial charge in [-0.2, -0.15) is 5.10 Å². The highest BCUT2D eigenvalue weighted by Gasteiger charge is 2.16. The molecule has 1 N–H and O–H groups in total. The minimum atomic E-state index is -0.0339. The summed E-state index contributed by atoms with van der Waals surface area (Å²) in [6.07, 6.45) is 5.25. The number of aryl methyl sites for hydroxylation is 1. The van der Waals surface area contributed by atoms with Gasteiger partial charge in [-0.3, -0.25) is 10.00 Å².